The number of hydrogen-bond acceptors (Lipinski definition) is 3. The number of hydrogen-bond donors (Lipinski definition) is 2. The van der Waals surface area contributed by atoms with Crippen LogP contribution in [0.3, 0.4) is 0 Å². The zero-order valence-corrected chi connectivity index (χ0v) is 8.60. The smallest absolute Gasteiger partial charge is 0.267 e. The highest BCUT2D eigenvalue weighted by atomic mass is 35.5. The van der Waals surface area contributed by atoms with E-state index < -0.39 is 11.8 Å². The summed E-state index contributed by atoms with van der Waals surface area (Å²) in [5.41, 5.74) is 9.93. The highest BCUT2D eigenvalue weighted by Crippen LogP contribution is 1.97. The van der Waals surface area contributed by atoms with E-state index in [1.165, 1.54) is 18.2 Å². The number of pyridine rings is 1. The third-order valence-electron chi connectivity index (χ3n) is 1.25. The number of nitrogens with two attached hydrogens (primary N) is 2. The van der Waals surface area contributed by atoms with Crippen LogP contribution in [0.2, 0.25) is 0 Å². The molecule has 0 aliphatic heterocycles. The predicted octanol–water partition coefficient (Wildman–Crippen LogP) is 0.123. The topological polar surface area (TPSA) is 99.1 Å². The summed E-state index contributed by atoms with van der Waals surface area (Å²) < 4.78 is 0. The first-order valence-electron chi connectivity index (χ1n) is 3.18. The standard InChI is InChI=1S/C7H7N3O2.2ClH/c8-6(11)4-2-1-3-5(10-4)7(9)12;;/h1-3H,(H2,8,11)(H2,9,12);2*1H. The molecule has 0 fully saturated rings. The molecule has 4 N–H and O–H groups in total. The van der Waals surface area contributed by atoms with Crippen molar-refractivity contribution in [2.45, 2.75) is 0 Å². The molecule has 7 heteroatoms. The van der Waals surface area contributed by atoms with Gasteiger partial charge in [-0.25, -0.2) is 4.98 Å². The average molecular weight is 238 g/mol. The monoisotopic (exact) mass is 237 g/mol. The molecule has 5 nitrogen and oxygen atoms in total. The van der Waals surface area contributed by atoms with E-state index in [2.05, 4.69) is 4.98 Å². The first-order valence-corrected chi connectivity index (χ1v) is 3.18. The number of carbonyl (C=O) groups is 2. The second-order valence-corrected chi connectivity index (χ2v) is 2.14. The number of aromatic nitrogens is 1. The lowest BCUT2D eigenvalue weighted by Gasteiger charge is -1.96. The minimum absolute atomic E-state index is 0. The van der Waals surface area contributed by atoms with Crippen molar-refractivity contribution in [1.82, 2.24) is 4.98 Å². The van der Waals surface area contributed by atoms with Gasteiger partial charge < -0.3 is 11.5 Å². The van der Waals surface area contributed by atoms with Gasteiger partial charge in [0.1, 0.15) is 11.4 Å². The Morgan fingerprint density at radius 2 is 1.36 bits per heavy atom. The molecule has 0 spiro atoms. The predicted molar refractivity (Wildman–Crippen MR) is 55.8 cm³/mol. The van der Waals surface area contributed by atoms with E-state index in [4.69, 9.17) is 11.5 Å². The first-order chi connectivity index (χ1) is 5.61. The van der Waals surface area contributed by atoms with Crippen molar-refractivity contribution in [1.29, 1.82) is 0 Å². The lowest BCUT2D eigenvalue weighted by molar-refractivity contribution is 0.0992. The molecule has 0 atom stereocenters. The molecule has 1 aromatic heterocycles. The second-order valence-electron chi connectivity index (χ2n) is 2.14. The number of nitrogens with zero attached hydrogens (tertiary/aromatic N) is 1. The van der Waals surface area contributed by atoms with Gasteiger partial charge >= 0.3 is 0 Å². The molecule has 0 aliphatic rings. The van der Waals surface area contributed by atoms with Crippen LogP contribution in [-0.2, 0) is 0 Å². The summed E-state index contributed by atoms with van der Waals surface area (Å²) in [5, 5.41) is 0. The zero-order chi connectivity index (χ0) is 9.14. The Bertz CT molecular complexity index is 314. The number of rotatable bonds is 2. The Morgan fingerprint density at radius 3 is 1.64 bits per heavy atom. The van der Waals surface area contributed by atoms with Crippen LogP contribution >= 0.6 is 24.8 Å². The van der Waals surface area contributed by atoms with Crippen molar-refractivity contribution in [2.24, 2.45) is 11.5 Å². The molecule has 0 unspecified atom stereocenters. The fourth-order valence-electron chi connectivity index (χ4n) is 0.709. The van der Waals surface area contributed by atoms with E-state index in [1.807, 2.05) is 0 Å². The molecule has 0 aromatic carbocycles. The van der Waals surface area contributed by atoms with Crippen molar-refractivity contribution >= 4 is 36.6 Å². The number of amides is 2. The van der Waals surface area contributed by atoms with Crippen molar-refractivity contribution in [3.05, 3.63) is 29.6 Å². The van der Waals surface area contributed by atoms with Crippen molar-refractivity contribution in [3.63, 3.8) is 0 Å². The molecule has 1 aromatic rings. The number of halogens is 2. The van der Waals surface area contributed by atoms with Crippen LogP contribution < -0.4 is 11.5 Å². The maximum atomic E-state index is 10.6. The fraction of sp³-hybridized carbons (Fsp3) is 0. The second kappa shape index (κ2) is 6.17. The summed E-state index contributed by atoms with van der Waals surface area (Å²) in [6, 6.07) is 4.32. The van der Waals surface area contributed by atoms with Gasteiger partial charge in [-0.1, -0.05) is 6.07 Å². The van der Waals surface area contributed by atoms with E-state index >= 15 is 0 Å². The van der Waals surface area contributed by atoms with E-state index in [1.54, 1.807) is 0 Å². The summed E-state index contributed by atoms with van der Waals surface area (Å²) >= 11 is 0. The van der Waals surface area contributed by atoms with Gasteiger partial charge in [-0.05, 0) is 12.1 Å². The SMILES string of the molecule is Cl.Cl.NC(=O)c1cccc(C(N)=O)n1. The van der Waals surface area contributed by atoms with Gasteiger partial charge in [-0.15, -0.1) is 24.8 Å². The summed E-state index contributed by atoms with van der Waals surface area (Å²) in [6.07, 6.45) is 0. The van der Waals surface area contributed by atoms with Gasteiger partial charge in [0, 0.05) is 0 Å². The van der Waals surface area contributed by atoms with E-state index in [9.17, 15) is 9.59 Å². The van der Waals surface area contributed by atoms with Gasteiger partial charge in [-0.2, -0.15) is 0 Å². The summed E-state index contributed by atoms with van der Waals surface area (Å²) in [7, 11) is 0. The lowest BCUT2D eigenvalue weighted by atomic mass is 10.3. The first kappa shape index (κ1) is 15.2. The van der Waals surface area contributed by atoms with Crippen molar-refractivity contribution in [3.8, 4) is 0 Å². The Morgan fingerprint density at radius 1 is 1.00 bits per heavy atom. The third kappa shape index (κ3) is 3.59. The maximum absolute atomic E-state index is 10.6. The number of carbonyl (C=O) groups excluding carboxylic acids is 2. The highest BCUT2D eigenvalue weighted by Gasteiger charge is 2.05. The molecule has 78 valence electrons. The van der Waals surface area contributed by atoms with Crippen molar-refractivity contribution in [2.75, 3.05) is 0 Å². The number of primary amides is 2. The van der Waals surface area contributed by atoms with Gasteiger partial charge in [0.25, 0.3) is 11.8 Å². The summed E-state index contributed by atoms with van der Waals surface area (Å²) in [4.78, 5) is 24.8. The quantitative estimate of drug-likeness (QED) is 0.765. The van der Waals surface area contributed by atoms with Crippen LogP contribution in [0.25, 0.3) is 0 Å². The van der Waals surface area contributed by atoms with Crippen LogP contribution in [-0.4, -0.2) is 16.8 Å². The van der Waals surface area contributed by atoms with Crippen LogP contribution in [0.1, 0.15) is 21.0 Å². The fourth-order valence-corrected chi connectivity index (χ4v) is 0.709. The Hall–Kier alpha value is -1.33. The van der Waals surface area contributed by atoms with E-state index in [0.29, 0.717) is 0 Å². The van der Waals surface area contributed by atoms with Gasteiger partial charge in [0.05, 0.1) is 0 Å². The molecule has 14 heavy (non-hydrogen) atoms. The highest BCUT2D eigenvalue weighted by molar-refractivity contribution is 5.94. The summed E-state index contributed by atoms with van der Waals surface area (Å²) in [6.45, 7) is 0. The van der Waals surface area contributed by atoms with E-state index in [-0.39, 0.29) is 36.2 Å². The van der Waals surface area contributed by atoms with Crippen LogP contribution in [0.15, 0.2) is 18.2 Å². The molecule has 0 bridgehead atoms. The summed E-state index contributed by atoms with van der Waals surface area (Å²) in [5.74, 6) is -1.36. The van der Waals surface area contributed by atoms with E-state index in [0.717, 1.165) is 0 Å². The Balaban J connectivity index is 0. The lowest BCUT2D eigenvalue weighted by Crippen LogP contribution is -2.18. The van der Waals surface area contributed by atoms with Crippen molar-refractivity contribution < 1.29 is 9.59 Å². The minimum atomic E-state index is -0.682. The van der Waals surface area contributed by atoms with Crippen LogP contribution in [0.5, 0.6) is 0 Å². The van der Waals surface area contributed by atoms with Crippen LogP contribution in [0.4, 0.5) is 0 Å². The minimum Gasteiger partial charge on any atom is -0.364 e. The molecule has 0 aliphatic carbocycles. The van der Waals surface area contributed by atoms with Gasteiger partial charge in [0.2, 0.25) is 0 Å². The molecule has 0 saturated heterocycles. The molecular formula is C7H9Cl2N3O2. The zero-order valence-electron chi connectivity index (χ0n) is 6.97. The largest absolute Gasteiger partial charge is 0.364 e. The maximum Gasteiger partial charge on any atom is 0.267 e. The molecule has 0 saturated carbocycles. The third-order valence-corrected chi connectivity index (χ3v) is 1.25. The normalized spacial score (nSPS) is 8.00. The Labute approximate surface area is 92.7 Å². The molecule has 2 amide bonds. The van der Waals surface area contributed by atoms with Gasteiger partial charge in [0.15, 0.2) is 0 Å². The van der Waals surface area contributed by atoms with Crippen LogP contribution in [0, 0.1) is 0 Å². The molecule has 1 heterocycles. The molecule has 0 radical (unpaired) electrons. The molecule has 1 rings (SSSR count). The average Bonchev–Trinajstić information content (AvgIpc) is 2.04. The van der Waals surface area contributed by atoms with Gasteiger partial charge in [-0.3, -0.25) is 9.59 Å². The Kier molecular flexibility index (Phi) is 6.68. The molecular weight excluding hydrogens is 229 g/mol.